The van der Waals surface area contributed by atoms with Crippen LogP contribution in [0.15, 0.2) is 24.0 Å². The molecule has 0 saturated heterocycles. The second-order valence-electron chi connectivity index (χ2n) is 2.75. The van der Waals surface area contributed by atoms with Crippen molar-refractivity contribution in [1.82, 2.24) is 0 Å². The SMILES string of the molecule is CC1C=CC(C)C(C=O)=CO1. The summed E-state index contributed by atoms with van der Waals surface area (Å²) in [7, 11) is 0. The first-order chi connectivity index (χ1) is 5.24. The van der Waals surface area contributed by atoms with E-state index in [0.29, 0.717) is 5.57 Å². The first-order valence-corrected chi connectivity index (χ1v) is 3.73. The fourth-order valence-electron chi connectivity index (χ4n) is 0.908. The molecule has 0 aromatic carbocycles. The van der Waals surface area contributed by atoms with Gasteiger partial charge in [-0.1, -0.05) is 13.0 Å². The van der Waals surface area contributed by atoms with E-state index in [1.165, 1.54) is 0 Å². The molecule has 60 valence electrons. The number of aldehydes is 1. The Morgan fingerprint density at radius 1 is 1.45 bits per heavy atom. The largest absolute Gasteiger partial charge is 0.494 e. The second kappa shape index (κ2) is 3.37. The summed E-state index contributed by atoms with van der Waals surface area (Å²) in [6.07, 6.45) is 6.40. The summed E-state index contributed by atoms with van der Waals surface area (Å²) in [5, 5.41) is 0. The molecule has 0 bridgehead atoms. The van der Waals surface area contributed by atoms with Gasteiger partial charge in [-0.25, -0.2) is 0 Å². The molecule has 1 aliphatic rings. The van der Waals surface area contributed by atoms with E-state index < -0.39 is 0 Å². The number of carbonyl (C=O) groups excluding carboxylic acids is 1. The van der Waals surface area contributed by atoms with Crippen LogP contribution in [0.4, 0.5) is 0 Å². The first kappa shape index (κ1) is 8.05. The quantitative estimate of drug-likeness (QED) is 0.422. The molecule has 0 N–H and O–H groups in total. The molecular formula is C9H12O2. The van der Waals surface area contributed by atoms with Gasteiger partial charge in [0.1, 0.15) is 12.4 Å². The van der Waals surface area contributed by atoms with Gasteiger partial charge in [-0.15, -0.1) is 0 Å². The Balaban J connectivity index is 2.79. The molecule has 0 aliphatic carbocycles. The maximum atomic E-state index is 10.4. The van der Waals surface area contributed by atoms with Crippen molar-refractivity contribution in [1.29, 1.82) is 0 Å². The van der Waals surface area contributed by atoms with Gasteiger partial charge in [-0.05, 0) is 13.0 Å². The molecule has 0 fully saturated rings. The van der Waals surface area contributed by atoms with Crippen LogP contribution >= 0.6 is 0 Å². The van der Waals surface area contributed by atoms with E-state index >= 15 is 0 Å². The zero-order valence-electron chi connectivity index (χ0n) is 6.78. The zero-order valence-corrected chi connectivity index (χ0v) is 6.78. The highest BCUT2D eigenvalue weighted by atomic mass is 16.5. The molecule has 0 spiro atoms. The van der Waals surface area contributed by atoms with Gasteiger partial charge >= 0.3 is 0 Å². The van der Waals surface area contributed by atoms with Crippen molar-refractivity contribution in [2.45, 2.75) is 20.0 Å². The molecule has 2 heteroatoms. The van der Waals surface area contributed by atoms with E-state index in [0.717, 1.165) is 6.29 Å². The van der Waals surface area contributed by atoms with Crippen LogP contribution in [-0.4, -0.2) is 12.4 Å². The standard InChI is InChI=1S/C9H12O2/c1-7-3-4-8(2)11-6-9(7)5-10/h3-8H,1-2H3. The van der Waals surface area contributed by atoms with E-state index in [2.05, 4.69) is 0 Å². The van der Waals surface area contributed by atoms with Gasteiger partial charge in [-0.2, -0.15) is 0 Å². The smallest absolute Gasteiger partial charge is 0.149 e. The highest BCUT2D eigenvalue weighted by Gasteiger charge is 2.09. The zero-order chi connectivity index (χ0) is 8.27. The van der Waals surface area contributed by atoms with E-state index in [1.807, 2.05) is 26.0 Å². The van der Waals surface area contributed by atoms with Gasteiger partial charge in [0.2, 0.25) is 0 Å². The van der Waals surface area contributed by atoms with Crippen LogP contribution < -0.4 is 0 Å². The number of allylic oxidation sites excluding steroid dienone is 2. The Labute approximate surface area is 66.5 Å². The van der Waals surface area contributed by atoms with Crippen molar-refractivity contribution in [3.05, 3.63) is 24.0 Å². The average Bonchev–Trinajstić information content (AvgIpc) is 2.15. The number of rotatable bonds is 1. The summed E-state index contributed by atoms with van der Waals surface area (Å²) in [6, 6.07) is 0. The minimum Gasteiger partial charge on any atom is -0.494 e. The Hall–Kier alpha value is -1.05. The topological polar surface area (TPSA) is 26.3 Å². The normalized spacial score (nSPS) is 30.2. The van der Waals surface area contributed by atoms with E-state index in [1.54, 1.807) is 6.26 Å². The van der Waals surface area contributed by atoms with Crippen LogP contribution in [0.25, 0.3) is 0 Å². The third-order valence-corrected chi connectivity index (χ3v) is 1.75. The van der Waals surface area contributed by atoms with Gasteiger partial charge in [-0.3, -0.25) is 4.79 Å². The minimum atomic E-state index is 0.0786. The Morgan fingerprint density at radius 3 is 2.82 bits per heavy atom. The van der Waals surface area contributed by atoms with E-state index in [-0.39, 0.29) is 12.0 Å². The number of hydrogen-bond donors (Lipinski definition) is 0. The molecule has 2 atom stereocenters. The minimum absolute atomic E-state index is 0.0786. The number of ether oxygens (including phenoxy) is 1. The van der Waals surface area contributed by atoms with Crippen LogP contribution in [0.1, 0.15) is 13.8 Å². The maximum absolute atomic E-state index is 10.4. The van der Waals surface area contributed by atoms with Gasteiger partial charge in [0, 0.05) is 11.5 Å². The highest BCUT2D eigenvalue weighted by Crippen LogP contribution is 2.14. The predicted octanol–water partition coefficient (Wildman–Crippen LogP) is 1.68. The van der Waals surface area contributed by atoms with Crippen LogP contribution in [0.3, 0.4) is 0 Å². The summed E-state index contributed by atoms with van der Waals surface area (Å²) < 4.78 is 5.20. The summed E-state index contributed by atoms with van der Waals surface area (Å²) in [4.78, 5) is 10.4. The molecule has 1 aliphatic heterocycles. The summed E-state index contributed by atoms with van der Waals surface area (Å²) in [5.41, 5.74) is 0.700. The van der Waals surface area contributed by atoms with Gasteiger partial charge < -0.3 is 4.74 Å². The molecule has 0 amide bonds. The fourth-order valence-corrected chi connectivity index (χ4v) is 0.908. The molecule has 0 radical (unpaired) electrons. The Kier molecular flexibility index (Phi) is 2.47. The lowest BCUT2D eigenvalue weighted by molar-refractivity contribution is -0.105. The highest BCUT2D eigenvalue weighted by molar-refractivity contribution is 5.74. The molecule has 1 rings (SSSR count). The van der Waals surface area contributed by atoms with Crippen LogP contribution in [-0.2, 0) is 9.53 Å². The average molecular weight is 152 g/mol. The van der Waals surface area contributed by atoms with Crippen molar-refractivity contribution in [2.75, 3.05) is 0 Å². The van der Waals surface area contributed by atoms with Gasteiger partial charge in [0.25, 0.3) is 0 Å². The predicted molar refractivity (Wildman–Crippen MR) is 43.0 cm³/mol. The lowest BCUT2D eigenvalue weighted by atomic mass is 10.0. The van der Waals surface area contributed by atoms with Crippen LogP contribution in [0, 0.1) is 5.92 Å². The van der Waals surface area contributed by atoms with Gasteiger partial charge in [0.05, 0.1) is 6.26 Å². The summed E-state index contributed by atoms with van der Waals surface area (Å²) in [5.74, 6) is 0.178. The van der Waals surface area contributed by atoms with Crippen LogP contribution in [0.5, 0.6) is 0 Å². The molecule has 11 heavy (non-hydrogen) atoms. The van der Waals surface area contributed by atoms with Crippen molar-refractivity contribution >= 4 is 6.29 Å². The second-order valence-corrected chi connectivity index (χ2v) is 2.75. The van der Waals surface area contributed by atoms with Crippen molar-refractivity contribution in [3.63, 3.8) is 0 Å². The molecule has 1 heterocycles. The Morgan fingerprint density at radius 2 is 2.18 bits per heavy atom. The lowest BCUT2D eigenvalue weighted by Crippen LogP contribution is -1.97. The third-order valence-electron chi connectivity index (χ3n) is 1.75. The third kappa shape index (κ3) is 1.93. The molecule has 2 nitrogen and oxygen atoms in total. The molecular weight excluding hydrogens is 140 g/mol. The number of hydrogen-bond acceptors (Lipinski definition) is 2. The van der Waals surface area contributed by atoms with Crippen molar-refractivity contribution < 1.29 is 9.53 Å². The molecule has 2 unspecified atom stereocenters. The van der Waals surface area contributed by atoms with Crippen molar-refractivity contribution in [3.8, 4) is 0 Å². The molecule has 0 saturated carbocycles. The van der Waals surface area contributed by atoms with E-state index in [4.69, 9.17) is 4.74 Å². The number of carbonyl (C=O) groups is 1. The maximum Gasteiger partial charge on any atom is 0.149 e. The lowest BCUT2D eigenvalue weighted by Gasteiger charge is -2.03. The first-order valence-electron chi connectivity index (χ1n) is 3.73. The summed E-state index contributed by atoms with van der Waals surface area (Å²) >= 11 is 0. The van der Waals surface area contributed by atoms with E-state index in [9.17, 15) is 4.79 Å². The van der Waals surface area contributed by atoms with Crippen molar-refractivity contribution in [2.24, 2.45) is 5.92 Å². The summed E-state index contributed by atoms with van der Waals surface area (Å²) in [6.45, 7) is 3.91. The molecule has 0 aromatic rings. The monoisotopic (exact) mass is 152 g/mol. The fraction of sp³-hybridized carbons (Fsp3) is 0.444. The Bertz CT molecular complexity index is 204. The van der Waals surface area contributed by atoms with Crippen LogP contribution in [0.2, 0.25) is 0 Å². The van der Waals surface area contributed by atoms with Gasteiger partial charge in [0.15, 0.2) is 0 Å². The molecule has 0 aromatic heterocycles.